The van der Waals surface area contributed by atoms with Crippen LogP contribution in [-0.4, -0.2) is 33.2 Å². The van der Waals surface area contributed by atoms with Crippen molar-refractivity contribution in [3.05, 3.63) is 29.3 Å². The Kier molecular flexibility index (Phi) is 3.32. The average molecular weight is 299 g/mol. The molecule has 2 aromatic heterocycles. The number of aryl methyl sites for hydroxylation is 2. The molecule has 2 aliphatic rings. The van der Waals surface area contributed by atoms with Crippen molar-refractivity contribution in [3.8, 4) is 0 Å². The van der Waals surface area contributed by atoms with E-state index in [4.69, 9.17) is 4.52 Å². The molecule has 2 aromatic rings. The Bertz CT molecular complexity index is 671. The predicted octanol–water partition coefficient (Wildman–Crippen LogP) is 2.74. The number of rotatable bonds is 3. The Hall–Kier alpha value is -1.98. The zero-order chi connectivity index (χ0) is 15.1. The van der Waals surface area contributed by atoms with Crippen LogP contribution in [0.5, 0.6) is 0 Å². The van der Waals surface area contributed by atoms with Gasteiger partial charge in [0.15, 0.2) is 5.82 Å². The maximum atomic E-state index is 5.39. The highest BCUT2D eigenvalue weighted by Crippen LogP contribution is 2.40. The van der Waals surface area contributed by atoms with E-state index in [9.17, 15) is 0 Å². The topological polar surface area (TPSA) is 67.9 Å². The Labute approximate surface area is 130 Å². The van der Waals surface area contributed by atoms with Gasteiger partial charge in [0.2, 0.25) is 5.89 Å². The molecule has 0 spiro atoms. The van der Waals surface area contributed by atoms with Crippen LogP contribution in [0.2, 0.25) is 0 Å². The molecule has 116 valence electrons. The standard InChI is InChI=1S/C16H21N5O/c1-10-9-17-11(2)15(18-10)21-7-5-12(6-8-21)14-19-16(22-20-14)13-3-4-13/h9,12-13H,3-8H2,1-2H3. The van der Waals surface area contributed by atoms with E-state index in [0.717, 1.165) is 54.9 Å². The van der Waals surface area contributed by atoms with Crippen molar-refractivity contribution in [2.24, 2.45) is 0 Å². The Morgan fingerprint density at radius 2 is 1.82 bits per heavy atom. The van der Waals surface area contributed by atoms with Gasteiger partial charge >= 0.3 is 0 Å². The number of hydrogen-bond acceptors (Lipinski definition) is 6. The van der Waals surface area contributed by atoms with Gasteiger partial charge in [0, 0.05) is 31.1 Å². The van der Waals surface area contributed by atoms with Gasteiger partial charge in [0.1, 0.15) is 5.82 Å². The molecule has 0 radical (unpaired) electrons. The summed E-state index contributed by atoms with van der Waals surface area (Å²) in [5.41, 5.74) is 1.97. The number of anilines is 1. The predicted molar refractivity (Wildman–Crippen MR) is 82.0 cm³/mol. The van der Waals surface area contributed by atoms with Crippen molar-refractivity contribution in [3.63, 3.8) is 0 Å². The first kappa shape index (κ1) is 13.7. The van der Waals surface area contributed by atoms with E-state index in [2.05, 4.69) is 25.0 Å². The minimum absolute atomic E-state index is 0.408. The lowest BCUT2D eigenvalue weighted by Gasteiger charge is -2.32. The van der Waals surface area contributed by atoms with Crippen LogP contribution in [0.25, 0.3) is 0 Å². The third kappa shape index (κ3) is 2.58. The van der Waals surface area contributed by atoms with Crippen molar-refractivity contribution >= 4 is 5.82 Å². The first-order valence-corrected chi connectivity index (χ1v) is 8.09. The van der Waals surface area contributed by atoms with Crippen molar-refractivity contribution in [1.29, 1.82) is 0 Å². The van der Waals surface area contributed by atoms with Gasteiger partial charge in [-0.15, -0.1) is 0 Å². The van der Waals surface area contributed by atoms with E-state index < -0.39 is 0 Å². The van der Waals surface area contributed by atoms with Gasteiger partial charge in [0.05, 0.1) is 11.4 Å². The minimum Gasteiger partial charge on any atom is -0.355 e. The maximum absolute atomic E-state index is 5.39. The summed E-state index contributed by atoms with van der Waals surface area (Å²) in [7, 11) is 0. The molecule has 6 heteroatoms. The van der Waals surface area contributed by atoms with Crippen molar-refractivity contribution < 1.29 is 4.52 Å². The van der Waals surface area contributed by atoms with Crippen LogP contribution in [-0.2, 0) is 0 Å². The summed E-state index contributed by atoms with van der Waals surface area (Å²) in [6, 6.07) is 0. The average Bonchev–Trinajstić information content (AvgIpc) is 3.27. The first-order valence-electron chi connectivity index (χ1n) is 8.09. The van der Waals surface area contributed by atoms with Crippen LogP contribution in [0, 0.1) is 13.8 Å². The number of aromatic nitrogens is 4. The van der Waals surface area contributed by atoms with Gasteiger partial charge in [-0.25, -0.2) is 4.98 Å². The van der Waals surface area contributed by atoms with Gasteiger partial charge < -0.3 is 9.42 Å². The second-order valence-electron chi connectivity index (χ2n) is 6.45. The molecule has 1 aliphatic heterocycles. The van der Waals surface area contributed by atoms with Crippen LogP contribution < -0.4 is 4.90 Å². The second kappa shape index (κ2) is 5.34. The van der Waals surface area contributed by atoms with Crippen LogP contribution >= 0.6 is 0 Å². The molecular weight excluding hydrogens is 278 g/mol. The molecule has 1 aliphatic carbocycles. The third-order valence-corrected chi connectivity index (χ3v) is 4.59. The molecule has 2 fully saturated rings. The maximum Gasteiger partial charge on any atom is 0.229 e. The summed E-state index contributed by atoms with van der Waals surface area (Å²) in [6.45, 7) is 5.95. The smallest absolute Gasteiger partial charge is 0.229 e. The van der Waals surface area contributed by atoms with Crippen molar-refractivity contribution in [2.45, 2.75) is 51.4 Å². The molecule has 1 saturated heterocycles. The molecule has 22 heavy (non-hydrogen) atoms. The summed E-state index contributed by atoms with van der Waals surface area (Å²) >= 11 is 0. The largest absolute Gasteiger partial charge is 0.355 e. The molecule has 0 N–H and O–H groups in total. The van der Waals surface area contributed by atoms with Gasteiger partial charge in [0.25, 0.3) is 0 Å². The molecule has 3 heterocycles. The van der Waals surface area contributed by atoms with Gasteiger partial charge in [-0.1, -0.05) is 5.16 Å². The fourth-order valence-electron chi connectivity index (χ4n) is 3.08. The third-order valence-electron chi connectivity index (χ3n) is 4.59. The lowest BCUT2D eigenvalue weighted by molar-refractivity contribution is 0.364. The molecule has 0 aromatic carbocycles. The number of nitrogens with zero attached hydrogens (tertiary/aromatic N) is 5. The minimum atomic E-state index is 0.408. The van der Waals surface area contributed by atoms with Gasteiger partial charge in [-0.05, 0) is 39.5 Å². The highest BCUT2D eigenvalue weighted by atomic mass is 16.5. The molecule has 0 bridgehead atoms. The summed E-state index contributed by atoms with van der Waals surface area (Å²) in [6.07, 6.45) is 6.30. The van der Waals surface area contributed by atoms with Gasteiger partial charge in [-0.3, -0.25) is 4.98 Å². The van der Waals surface area contributed by atoms with E-state index in [1.54, 1.807) is 0 Å². The summed E-state index contributed by atoms with van der Waals surface area (Å²) in [4.78, 5) is 16.0. The summed E-state index contributed by atoms with van der Waals surface area (Å²) < 4.78 is 5.39. The van der Waals surface area contributed by atoms with Crippen molar-refractivity contribution in [1.82, 2.24) is 20.1 Å². The van der Waals surface area contributed by atoms with Crippen LogP contribution in [0.15, 0.2) is 10.7 Å². The van der Waals surface area contributed by atoms with Gasteiger partial charge in [-0.2, -0.15) is 4.98 Å². The van der Waals surface area contributed by atoms with Crippen molar-refractivity contribution in [2.75, 3.05) is 18.0 Å². The molecule has 6 nitrogen and oxygen atoms in total. The second-order valence-corrected chi connectivity index (χ2v) is 6.45. The monoisotopic (exact) mass is 299 g/mol. The fraction of sp³-hybridized carbons (Fsp3) is 0.625. The Morgan fingerprint density at radius 1 is 1.05 bits per heavy atom. The lowest BCUT2D eigenvalue weighted by Crippen LogP contribution is -2.34. The van der Waals surface area contributed by atoms with E-state index >= 15 is 0 Å². The number of piperidine rings is 1. The normalized spacial score (nSPS) is 19.6. The zero-order valence-electron chi connectivity index (χ0n) is 13.1. The quantitative estimate of drug-likeness (QED) is 0.868. The lowest BCUT2D eigenvalue weighted by atomic mass is 9.96. The number of hydrogen-bond donors (Lipinski definition) is 0. The molecule has 4 rings (SSSR count). The highest BCUT2D eigenvalue weighted by molar-refractivity contribution is 5.43. The fourth-order valence-corrected chi connectivity index (χ4v) is 3.08. The van der Waals surface area contributed by atoms with E-state index in [1.807, 2.05) is 20.0 Å². The summed E-state index contributed by atoms with van der Waals surface area (Å²) in [5, 5.41) is 4.20. The van der Waals surface area contributed by atoms with Crippen LogP contribution in [0.1, 0.15) is 60.6 Å². The summed E-state index contributed by atoms with van der Waals surface area (Å²) in [5.74, 6) is 3.70. The van der Waals surface area contributed by atoms with E-state index in [0.29, 0.717) is 11.8 Å². The Morgan fingerprint density at radius 3 is 2.55 bits per heavy atom. The zero-order valence-corrected chi connectivity index (χ0v) is 13.1. The van der Waals surface area contributed by atoms with Crippen LogP contribution in [0.4, 0.5) is 5.82 Å². The molecule has 0 atom stereocenters. The highest BCUT2D eigenvalue weighted by Gasteiger charge is 2.32. The molecule has 0 amide bonds. The van der Waals surface area contributed by atoms with E-state index in [1.165, 1.54) is 12.8 Å². The first-order chi connectivity index (χ1) is 10.7. The molecule has 0 unspecified atom stereocenters. The molecule has 1 saturated carbocycles. The Balaban J connectivity index is 1.44. The molecular formula is C16H21N5O. The van der Waals surface area contributed by atoms with E-state index in [-0.39, 0.29) is 0 Å². The SMILES string of the molecule is Cc1cnc(C)c(N2CCC(c3noc(C4CC4)n3)CC2)n1. The van der Waals surface area contributed by atoms with Crippen LogP contribution in [0.3, 0.4) is 0 Å².